The van der Waals surface area contributed by atoms with E-state index in [4.69, 9.17) is 9.63 Å². The Balaban J connectivity index is 1.56. The number of aromatic nitrogens is 1. The molecule has 126 valence electrons. The lowest BCUT2D eigenvalue weighted by atomic mass is 9.97. The van der Waals surface area contributed by atoms with Gasteiger partial charge in [0.1, 0.15) is 5.76 Å². The fraction of sp³-hybridized carbons (Fsp3) is 0.389. The number of carbonyl (C=O) groups is 2. The zero-order chi connectivity index (χ0) is 17.1. The summed E-state index contributed by atoms with van der Waals surface area (Å²) in [6.45, 7) is 3.26. The fourth-order valence-electron chi connectivity index (χ4n) is 3.15. The van der Waals surface area contributed by atoms with Crippen LogP contribution in [0.15, 0.2) is 34.9 Å². The van der Waals surface area contributed by atoms with E-state index in [1.165, 1.54) is 0 Å². The molecule has 0 bridgehead atoms. The zero-order valence-corrected chi connectivity index (χ0v) is 13.6. The molecule has 1 aromatic heterocycles. The van der Waals surface area contributed by atoms with Gasteiger partial charge in [-0.25, -0.2) is 4.79 Å². The lowest BCUT2D eigenvalue weighted by molar-refractivity contribution is -0.129. The first kappa shape index (κ1) is 16.2. The molecular formula is C18H20N2O4. The first-order valence-corrected chi connectivity index (χ1v) is 8.03. The van der Waals surface area contributed by atoms with Crippen molar-refractivity contribution in [1.29, 1.82) is 0 Å². The molecule has 0 spiro atoms. The van der Waals surface area contributed by atoms with Crippen LogP contribution >= 0.6 is 0 Å². The number of carboxylic acid groups (broad SMARTS) is 1. The van der Waals surface area contributed by atoms with Gasteiger partial charge in [0, 0.05) is 19.2 Å². The van der Waals surface area contributed by atoms with E-state index in [2.05, 4.69) is 5.16 Å². The normalized spacial score (nSPS) is 17.2. The van der Waals surface area contributed by atoms with Gasteiger partial charge in [0.2, 0.25) is 5.91 Å². The second kappa shape index (κ2) is 6.86. The highest BCUT2D eigenvalue weighted by atomic mass is 16.5. The summed E-state index contributed by atoms with van der Waals surface area (Å²) in [5.41, 5.74) is 2.08. The molecular weight excluding hydrogens is 308 g/mol. The highest BCUT2D eigenvalue weighted by Crippen LogP contribution is 2.22. The molecule has 2 aromatic rings. The summed E-state index contributed by atoms with van der Waals surface area (Å²) in [7, 11) is 0. The minimum atomic E-state index is -0.914. The molecule has 1 fully saturated rings. The number of likely N-dealkylation sites (tertiary alicyclic amines) is 1. The Labute approximate surface area is 140 Å². The molecule has 3 rings (SSSR count). The van der Waals surface area contributed by atoms with Crippen LogP contribution in [-0.2, 0) is 17.6 Å². The van der Waals surface area contributed by atoms with Crippen LogP contribution in [0.1, 0.15) is 33.8 Å². The Hall–Kier alpha value is -2.63. The summed E-state index contributed by atoms with van der Waals surface area (Å²) in [6, 6.07) is 8.79. The molecule has 1 atom stereocenters. The van der Waals surface area contributed by atoms with Crippen molar-refractivity contribution in [2.45, 2.75) is 26.2 Å². The highest BCUT2D eigenvalue weighted by Gasteiger charge is 2.27. The summed E-state index contributed by atoms with van der Waals surface area (Å²) in [6.07, 6.45) is 1.95. The van der Waals surface area contributed by atoms with Gasteiger partial charge < -0.3 is 14.5 Å². The van der Waals surface area contributed by atoms with Gasteiger partial charge in [0.05, 0.1) is 17.7 Å². The Morgan fingerprint density at radius 1 is 1.38 bits per heavy atom. The molecule has 6 heteroatoms. The number of benzene rings is 1. The van der Waals surface area contributed by atoms with E-state index in [-0.39, 0.29) is 12.3 Å². The zero-order valence-electron chi connectivity index (χ0n) is 13.6. The van der Waals surface area contributed by atoms with Crippen LogP contribution in [0, 0.1) is 12.8 Å². The van der Waals surface area contributed by atoms with Gasteiger partial charge in [-0.15, -0.1) is 0 Å². The van der Waals surface area contributed by atoms with Crippen molar-refractivity contribution in [3.05, 3.63) is 52.9 Å². The van der Waals surface area contributed by atoms with Crippen LogP contribution in [0.4, 0.5) is 0 Å². The first-order valence-electron chi connectivity index (χ1n) is 8.03. The highest BCUT2D eigenvalue weighted by molar-refractivity contribution is 5.87. The summed E-state index contributed by atoms with van der Waals surface area (Å²) in [5.74, 6) is 0.0833. The van der Waals surface area contributed by atoms with Crippen molar-refractivity contribution in [3.63, 3.8) is 0 Å². The van der Waals surface area contributed by atoms with Crippen LogP contribution in [0.5, 0.6) is 0 Å². The molecule has 1 aromatic carbocycles. The predicted molar refractivity (Wildman–Crippen MR) is 86.7 cm³/mol. The molecule has 0 unspecified atom stereocenters. The van der Waals surface area contributed by atoms with Gasteiger partial charge >= 0.3 is 5.97 Å². The Morgan fingerprint density at radius 3 is 2.92 bits per heavy atom. The Bertz CT molecular complexity index is 753. The number of aromatic carboxylic acids is 1. The molecule has 0 saturated carbocycles. The quantitative estimate of drug-likeness (QED) is 0.910. The monoisotopic (exact) mass is 328 g/mol. The van der Waals surface area contributed by atoms with Crippen LogP contribution in [0.3, 0.4) is 0 Å². The molecule has 0 aliphatic carbocycles. The smallest absolute Gasteiger partial charge is 0.335 e. The predicted octanol–water partition coefficient (Wildman–Crippen LogP) is 2.31. The molecule has 1 N–H and O–H groups in total. The van der Waals surface area contributed by atoms with Gasteiger partial charge in [-0.05, 0) is 43.4 Å². The summed E-state index contributed by atoms with van der Waals surface area (Å²) < 4.78 is 5.10. The summed E-state index contributed by atoms with van der Waals surface area (Å²) in [4.78, 5) is 25.2. The number of rotatable bonds is 5. The molecule has 1 aliphatic heterocycles. The second-order valence-corrected chi connectivity index (χ2v) is 6.32. The third-order valence-corrected chi connectivity index (χ3v) is 4.34. The van der Waals surface area contributed by atoms with Gasteiger partial charge in [-0.1, -0.05) is 17.3 Å². The maximum absolute atomic E-state index is 12.3. The van der Waals surface area contributed by atoms with Crippen molar-refractivity contribution >= 4 is 11.9 Å². The second-order valence-electron chi connectivity index (χ2n) is 6.32. The maximum atomic E-state index is 12.3. The van der Waals surface area contributed by atoms with E-state index in [1.54, 1.807) is 24.3 Å². The average Bonchev–Trinajstić information content (AvgIpc) is 3.17. The minimum absolute atomic E-state index is 0.0490. The van der Waals surface area contributed by atoms with Crippen LogP contribution in [0.25, 0.3) is 0 Å². The number of amides is 1. The molecule has 2 heterocycles. The van der Waals surface area contributed by atoms with Crippen molar-refractivity contribution in [2.75, 3.05) is 13.1 Å². The van der Waals surface area contributed by atoms with Crippen molar-refractivity contribution in [1.82, 2.24) is 10.1 Å². The lowest BCUT2D eigenvalue weighted by Crippen LogP contribution is -2.30. The van der Waals surface area contributed by atoms with E-state index >= 15 is 0 Å². The molecule has 1 amide bonds. The van der Waals surface area contributed by atoms with Crippen molar-refractivity contribution in [2.24, 2.45) is 5.92 Å². The van der Waals surface area contributed by atoms with Crippen molar-refractivity contribution in [3.8, 4) is 0 Å². The van der Waals surface area contributed by atoms with E-state index in [1.807, 2.05) is 17.9 Å². The van der Waals surface area contributed by atoms with E-state index in [9.17, 15) is 9.59 Å². The van der Waals surface area contributed by atoms with E-state index in [0.717, 1.165) is 30.6 Å². The number of hydrogen-bond donors (Lipinski definition) is 1. The molecule has 0 radical (unpaired) electrons. The van der Waals surface area contributed by atoms with E-state index < -0.39 is 5.97 Å². The van der Waals surface area contributed by atoms with Gasteiger partial charge in [-0.3, -0.25) is 4.79 Å². The van der Waals surface area contributed by atoms with Crippen molar-refractivity contribution < 1.29 is 19.2 Å². The fourth-order valence-corrected chi connectivity index (χ4v) is 3.15. The molecule has 1 aliphatic rings. The number of nitrogens with zero attached hydrogens (tertiary/aromatic N) is 2. The largest absolute Gasteiger partial charge is 0.478 e. The lowest BCUT2D eigenvalue weighted by Gasteiger charge is -2.16. The summed E-state index contributed by atoms with van der Waals surface area (Å²) >= 11 is 0. The molecule has 6 nitrogen and oxygen atoms in total. The van der Waals surface area contributed by atoms with Gasteiger partial charge in [-0.2, -0.15) is 0 Å². The standard InChI is InChI=1S/C18H20N2O4/c1-12-7-16(24-19-12)10-17(21)20-6-5-14(11-20)8-13-3-2-4-15(9-13)18(22)23/h2-4,7,9,14H,5-6,8,10-11H2,1H3,(H,22,23)/t14-/m0/s1. The minimum Gasteiger partial charge on any atom is -0.478 e. The number of carboxylic acids is 1. The third kappa shape index (κ3) is 3.82. The van der Waals surface area contributed by atoms with Crippen LogP contribution in [-0.4, -0.2) is 40.1 Å². The first-order chi connectivity index (χ1) is 11.5. The number of carbonyl (C=O) groups excluding carboxylic acids is 1. The van der Waals surface area contributed by atoms with Crippen LogP contribution in [0.2, 0.25) is 0 Å². The maximum Gasteiger partial charge on any atom is 0.335 e. The van der Waals surface area contributed by atoms with Gasteiger partial charge in [0.25, 0.3) is 0 Å². The van der Waals surface area contributed by atoms with Gasteiger partial charge in [0.15, 0.2) is 0 Å². The SMILES string of the molecule is Cc1cc(CC(=O)N2CC[C@@H](Cc3cccc(C(=O)O)c3)C2)on1. The Kier molecular flexibility index (Phi) is 4.64. The number of hydrogen-bond acceptors (Lipinski definition) is 4. The molecule has 24 heavy (non-hydrogen) atoms. The Morgan fingerprint density at radius 2 is 2.21 bits per heavy atom. The van der Waals surface area contributed by atoms with Crippen LogP contribution < -0.4 is 0 Å². The van der Waals surface area contributed by atoms with E-state index in [0.29, 0.717) is 23.8 Å². The molecule has 1 saturated heterocycles. The average molecular weight is 328 g/mol. The topological polar surface area (TPSA) is 83.6 Å². The third-order valence-electron chi connectivity index (χ3n) is 4.34. The number of aryl methyl sites for hydroxylation is 1. The summed E-state index contributed by atoms with van der Waals surface area (Å²) in [5, 5.41) is 12.9.